The number of aliphatic hydroxyl groups excluding tert-OH is 1. The molecule has 1 unspecified atom stereocenters. The molecule has 0 aliphatic heterocycles. The highest BCUT2D eigenvalue weighted by Gasteiger charge is 2.13. The quantitative estimate of drug-likeness (QED) is 0.668. The van der Waals surface area contributed by atoms with Gasteiger partial charge in [-0.25, -0.2) is 0 Å². The minimum Gasteiger partial charge on any atom is -0.387 e. The fourth-order valence-electron chi connectivity index (χ4n) is 1.94. The van der Waals surface area contributed by atoms with E-state index in [1.165, 1.54) is 9.40 Å². The normalized spacial score (nSPS) is 13.0. The summed E-state index contributed by atoms with van der Waals surface area (Å²) >= 11 is 15.2. The van der Waals surface area contributed by atoms with Crippen LogP contribution in [0.2, 0.25) is 10.0 Å². The van der Waals surface area contributed by atoms with E-state index in [1.807, 2.05) is 12.1 Å². The monoisotopic (exact) mass is 328 g/mol. The predicted molar refractivity (Wildman–Crippen MR) is 84.8 cm³/mol. The first-order valence-corrected chi connectivity index (χ1v) is 8.17. The molecule has 98 valence electrons. The summed E-state index contributed by atoms with van der Waals surface area (Å²) in [5, 5.41) is 13.4. The van der Waals surface area contributed by atoms with Crippen molar-refractivity contribution < 1.29 is 5.11 Å². The van der Waals surface area contributed by atoms with Crippen molar-refractivity contribution in [1.29, 1.82) is 0 Å². The van der Waals surface area contributed by atoms with E-state index in [1.54, 1.807) is 28.7 Å². The van der Waals surface area contributed by atoms with E-state index in [4.69, 9.17) is 23.2 Å². The molecular weight excluding hydrogens is 319 g/mol. The molecule has 0 saturated carbocycles. The average molecular weight is 329 g/mol. The Labute approximate surface area is 129 Å². The van der Waals surface area contributed by atoms with E-state index in [2.05, 4.69) is 17.5 Å². The summed E-state index contributed by atoms with van der Waals surface area (Å²) in [5.74, 6) is 0. The second-order valence-corrected chi connectivity index (χ2v) is 7.14. The summed E-state index contributed by atoms with van der Waals surface area (Å²) in [5.41, 5.74) is 0.985. The molecule has 1 aromatic carbocycles. The van der Waals surface area contributed by atoms with Gasteiger partial charge in [0.1, 0.15) is 0 Å². The lowest BCUT2D eigenvalue weighted by molar-refractivity contribution is 0.182. The Kier molecular flexibility index (Phi) is 3.83. The molecule has 19 heavy (non-hydrogen) atoms. The summed E-state index contributed by atoms with van der Waals surface area (Å²) < 4.78 is 2.46. The molecule has 0 amide bonds. The summed E-state index contributed by atoms with van der Waals surface area (Å²) in [6.07, 6.45) is 0.0480. The molecule has 0 fully saturated rings. The lowest BCUT2D eigenvalue weighted by atomic mass is 10.1. The van der Waals surface area contributed by atoms with Gasteiger partial charge in [0.15, 0.2) is 0 Å². The largest absolute Gasteiger partial charge is 0.387 e. The highest BCUT2D eigenvalue weighted by atomic mass is 35.5. The van der Waals surface area contributed by atoms with Crippen LogP contribution >= 0.6 is 45.9 Å². The van der Waals surface area contributed by atoms with Gasteiger partial charge in [-0.3, -0.25) is 0 Å². The van der Waals surface area contributed by atoms with Crippen LogP contribution in [0.4, 0.5) is 0 Å². The number of hydrogen-bond acceptors (Lipinski definition) is 3. The Morgan fingerprint density at radius 2 is 1.89 bits per heavy atom. The van der Waals surface area contributed by atoms with Crippen LogP contribution in [-0.4, -0.2) is 5.11 Å². The number of aliphatic hydroxyl groups is 1. The summed E-state index contributed by atoms with van der Waals surface area (Å²) in [4.78, 5) is 0.993. The van der Waals surface area contributed by atoms with Gasteiger partial charge in [-0.2, -0.15) is 0 Å². The van der Waals surface area contributed by atoms with E-state index in [0.29, 0.717) is 16.5 Å². The number of rotatable bonds is 3. The van der Waals surface area contributed by atoms with E-state index in [-0.39, 0.29) is 0 Å². The van der Waals surface area contributed by atoms with Gasteiger partial charge >= 0.3 is 0 Å². The van der Waals surface area contributed by atoms with E-state index in [0.717, 1.165) is 10.4 Å². The first-order valence-electron chi connectivity index (χ1n) is 5.72. The number of halogens is 2. The first kappa shape index (κ1) is 13.4. The molecule has 1 N–H and O–H groups in total. The van der Waals surface area contributed by atoms with Crippen LogP contribution in [0, 0.1) is 0 Å². The third-order valence-corrected chi connectivity index (χ3v) is 5.83. The van der Waals surface area contributed by atoms with Crippen LogP contribution in [0.25, 0.3) is 9.40 Å². The molecule has 3 rings (SSSR count). The molecule has 0 saturated heterocycles. The average Bonchev–Trinajstić information content (AvgIpc) is 2.94. The first-order chi connectivity index (χ1) is 9.13. The van der Waals surface area contributed by atoms with Crippen molar-refractivity contribution in [2.75, 3.05) is 0 Å². The van der Waals surface area contributed by atoms with Crippen molar-refractivity contribution in [3.05, 3.63) is 56.2 Å². The minimum absolute atomic E-state index is 0.498. The molecule has 2 heterocycles. The maximum absolute atomic E-state index is 10.3. The molecule has 1 atom stereocenters. The van der Waals surface area contributed by atoms with E-state index in [9.17, 15) is 5.11 Å². The lowest BCUT2D eigenvalue weighted by Crippen LogP contribution is -1.99. The predicted octanol–water partition coefficient (Wildman–Crippen LogP) is 5.55. The Morgan fingerprint density at radius 3 is 2.63 bits per heavy atom. The number of benzene rings is 1. The van der Waals surface area contributed by atoms with Crippen LogP contribution in [0.3, 0.4) is 0 Å². The van der Waals surface area contributed by atoms with Crippen LogP contribution in [0.15, 0.2) is 35.7 Å². The standard InChI is InChI=1S/C14H10Cl2OS2/c15-9-2-1-8(5-10(9)16)6-11(17)13-7-14-12(19-13)3-4-18-14/h1-5,7,11,17H,6H2. The molecule has 2 aromatic heterocycles. The molecule has 3 aromatic rings. The third kappa shape index (κ3) is 2.81. The topological polar surface area (TPSA) is 20.2 Å². The Morgan fingerprint density at radius 1 is 1.05 bits per heavy atom. The summed E-state index contributed by atoms with van der Waals surface area (Å²) in [6.45, 7) is 0. The minimum atomic E-state index is -0.498. The maximum Gasteiger partial charge on any atom is 0.0922 e. The van der Waals surface area contributed by atoms with Crippen LogP contribution in [-0.2, 0) is 6.42 Å². The third-order valence-electron chi connectivity index (χ3n) is 2.90. The fraction of sp³-hybridized carbons (Fsp3) is 0.143. The van der Waals surface area contributed by atoms with Crippen LogP contribution in [0.5, 0.6) is 0 Å². The zero-order valence-corrected chi connectivity index (χ0v) is 12.9. The van der Waals surface area contributed by atoms with Gasteiger partial charge < -0.3 is 5.11 Å². The van der Waals surface area contributed by atoms with Crippen molar-refractivity contribution in [1.82, 2.24) is 0 Å². The molecule has 0 aliphatic rings. The summed E-state index contributed by atoms with van der Waals surface area (Å²) in [6, 6.07) is 9.61. The van der Waals surface area contributed by atoms with Gasteiger partial charge in [0.25, 0.3) is 0 Å². The Hall–Kier alpha value is -0.580. The highest BCUT2D eigenvalue weighted by Crippen LogP contribution is 2.35. The maximum atomic E-state index is 10.3. The van der Waals surface area contributed by atoms with Crippen molar-refractivity contribution in [3.8, 4) is 0 Å². The van der Waals surface area contributed by atoms with Gasteiger partial charge in [0, 0.05) is 20.7 Å². The molecule has 5 heteroatoms. The highest BCUT2D eigenvalue weighted by molar-refractivity contribution is 7.26. The van der Waals surface area contributed by atoms with Gasteiger partial charge in [-0.1, -0.05) is 29.3 Å². The van der Waals surface area contributed by atoms with Crippen molar-refractivity contribution >= 4 is 55.3 Å². The Bertz CT molecular complexity index is 689. The second-order valence-electron chi connectivity index (χ2n) is 4.27. The van der Waals surface area contributed by atoms with Gasteiger partial charge in [-0.15, -0.1) is 22.7 Å². The number of thiophene rings is 2. The van der Waals surface area contributed by atoms with Gasteiger partial charge in [0.05, 0.1) is 16.1 Å². The molecule has 0 aliphatic carbocycles. The van der Waals surface area contributed by atoms with Gasteiger partial charge in [-0.05, 0) is 35.2 Å². The molecule has 1 nitrogen and oxygen atoms in total. The number of fused-ring (bicyclic) bond motifs is 1. The van der Waals surface area contributed by atoms with Crippen molar-refractivity contribution in [3.63, 3.8) is 0 Å². The van der Waals surface area contributed by atoms with E-state index >= 15 is 0 Å². The second kappa shape index (κ2) is 5.43. The van der Waals surface area contributed by atoms with E-state index < -0.39 is 6.10 Å². The smallest absolute Gasteiger partial charge is 0.0922 e. The molecular formula is C14H10Cl2OS2. The SMILES string of the molecule is OC(Cc1ccc(Cl)c(Cl)c1)c1cc2sccc2s1. The van der Waals surface area contributed by atoms with Gasteiger partial charge in [0.2, 0.25) is 0 Å². The Balaban J connectivity index is 1.82. The fourth-order valence-corrected chi connectivity index (χ4v) is 4.37. The van der Waals surface area contributed by atoms with Crippen molar-refractivity contribution in [2.24, 2.45) is 0 Å². The zero-order chi connectivity index (χ0) is 13.4. The summed E-state index contributed by atoms with van der Waals surface area (Å²) in [7, 11) is 0. The molecule has 0 spiro atoms. The molecule has 0 radical (unpaired) electrons. The lowest BCUT2D eigenvalue weighted by Gasteiger charge is -2.09. The van der Waals surface area contributed by atoms with Crippen LogP contribution in [0.1, 0.15) is 16.5 Å². The van der Waals surface area contributed by atoms with Crippen LogP contribution < -0.4 is 0 Å². The zero-order valence-electron chi connectivity index (χ0n) is 9.77. The molecule has 0 bridgehead atoms. The van der Waals surface area contributed by atoms with Crippen molar-refractivity contribution in [2.45, 2.75) is 12.5 Å². The number of hydrogen-bond donors (Lipinski definition) is 1.